The summed E-state index contributed by atoms with van der Waals surface area (Å²) in [5, 5.41) is 8.76. The van der Waals surface area contributed by atoms with Gasteiger partial charge in [-0.05, 0) is 32.1 Å². The molecule has 0 aliphatic rings. The van der Waals surface area contributed by atoms with Crippen molar-refractivity contribution in [3.8, 4) is 0 Å². The van der Waals surface area contributed by atoms with Crippen molar-refractivity contribution >= 4 is 11.8 Å². The highest BCUT2D eigenvalue weighted by Gasteiger charge is 2.07. The van der Waals surface area contributed by atoms with Crippen LogP contribution in [0.1, 0.15) is 97.3 Å². The highest BCUT2D eigenvalue weighted by Crippen LogP contribution is 2.11. The molecular weight excluding hydrogens is 288 g/mol. The van der Waals surface area contributed by atoms with Crippen molar-refractivity contribution in [2.24, 2.45) is 5.92 Å². The summed E-state index contributed by atoms with van der Waals surface area (Å²) in [5.74, 6) is -0.590. The van der Waals surface area contributed by atoms with Gasteiger partial charge in [-0.25, -0.2) is 0 Å². The zero-order chi connectivity index (χ0) is 17.3. The maximum atomic E-state index is 11.7. The second-order valence-electron chi connectivity index (χ2n) is 6.60. The third kappa shape index (κ3) is 15.5. The summed E-state index contributed by atoms with van der Waals surface area (Å²) in [6, 6.07) is 0. The first-order valence-corrected chi connectivity index (χ1v) is 9.47. The smallest absolute Gasteiger partial charge is 0.306 e. The summed E-state index contributed by atoms with van der Waals surface area (Å²) in [4.78, 5) is 22.4. The topological polar surface area (TPSA) is 54.4 Å². The molecule has 0 rings (SSSR count). The zero-order valence-electron chi connectivity index (χ0n) is 15.2. The van der Waals surface area contributed by atoms with E-state index in [2.05, 4.69) is 13.0 Å². The fourth-order valence-electron chi connectivity index (χ4n) is 2.51. The zero-order valence-corrected chi connectivity index (χ0v) is 15.2. The molecule has 1 atom stereocenters. The van der Waals surface area contributed by atoms with Crippen LogP contribution in [0.25, 0.3) is 0 Å². The third-order valence-corrected chi connectivity index (χ3v) is 4.21. The van der Waals surface area contributed by atoms with Crippen LogP contribution in [0.15, 0.2) is 12.2 Å². The number of carboxylic acid groups (broad SMARTS) is 1. The highest BCUT2D eigenvalue weighted by molar-refractivity contribution is 5.78. The molecule has 3 nitrogen and oxygen atoms in total. The average Bonchev–Trinajstić information content (AvgIpc) is 2.52. The van der Waals surface area contributed by atoms with Crippen molar-refractivity contribution in [3.05, 3.63) is 12.2 Å². The number of carboxylic acids is 1. The lowest BCUT2D eigenvalue weighted by molar-refractivity contribution is -0.141. The van der Waals surface area contributed by atoms with Crippen molar-refractivity contribution in [3.63, 3.8) is 0 Å². The maximum Gasteiger partial charge on any atom is 0.306 e. The van der Waals surface area contributed by atoms with E-state index in [1.54, 1.807) is 6.92 Å². The minimum Gasteiger partial charge on any atom is -0.481 e. The molecule has 23 heavy (non-hydrogen) atoms. The molecule has 0 saturated heterocycles. The van der Waals surface area contributed by atoms with Gasteiger partial charge in [-0.15, -0.1) is 0 Å². The quantitative estimate of drug-likeness (QED) is 0.283. The second kappa shape index (κ2) is 15.8. The van der Waals surface area contributed by atoms with Crippen LogP contribution in [0.4, 0.5) is 0 Å². The number of unbranched alkanes of at least 4 members (excludes halogenated alkanes) is 8. The number of allylic oxidation sites excluding steroid dienone is 2. The molecule has 0 aromatic heterocycles. The molecule has 0 heterocycles. The number of carbonyl (C=O) groups excluding carboxylic acids is 1. The molecule has 0 spiro atoms. The molecule has 0 aromatic rings. The van der Waals surface area contributed by atoms with Gasteiger partial charge in [-0.1, -0.05) is 64.5 Å². The molecule has 3 heteroatoms. The van der Waals surface area contributed by atoms with Gasteiger partial charge in [0.25, 0.3) is 0 Å². The van der Waals surface area contributed by atoms with E-state index in [1.807, 2.05) is 6.08 Å². The van der Waals surface area contributed by atoms with Crippen molar-refractivity contribution in [1.29, 1.82) is 0 Å². The largest absolute Gasteiger partial charge is 0.481 e. The highest BCUT2D eigenvalue weighted by atomic mass is 16.4. The van der Waals surface area contributed by atoms with Crippen molar-refractivity contribution < 1.29 is 14.7 Å². The second-order valence-corrected chi connectivity index (χ2v) is 6.60. The number of carbonyl (C=O) groups is 2. The molecule has 134 valence electrons. The normalized spacial score (nSPS) is 12.6. The fourth-order valence-corrected chi connectivity index (χ4v) is 2.51. The van der Waals surface area contributed by atoms with Crippen LogP contribution in [-0.2, 0) is 9.59 Å². The van der Waals surface area contributed by atoms with E-state index in [1.165, 1.54) is 25.7 Å². The Kier molecular flexibility index (Phi) is 15.0. The summed E-state index contributed by atoms with van der Waals surface area (Å²) >= 11 is 0. The molecule has 0 saturated carbocycles. The molecular formula is C20H36O3. The van der Waals surface area contributed by atoms with E-state index in [4.69, 9.17) is 5.11 Å². The molecule has 0 aromatic carbocycles. The fraction of sp³-hybridized carbons (Fsp3) is 0.800. The van der Waals surface area contributed by atoms with Crippen LogP contribution < -0.4 is 0 Å². The summed E-state index contributed by atoms with van der Waals surface area (Å²) < 4.78 is 0. The lowest BCUT2D eigenvalue weighted by Crippen LogP contribution is -2.07. The Hall–Kier alpha value is -1.12. The number of Topliss-reactive ketones (excluding diaryl/α,β-unsaturated/α-hetero) is 1. The lowest BCUT2D eigenvalue weighted by atomic mass is 10.0. The maximum absolute atomic E-state index is 11.7. The minimum atomic E-state index is -0.732. The first kappa shape index (κ1) is 21.9. The van der Waals surface area contributed by atoms with E-state index in [-0.39, 0.29) is 5.92 Å². The standard InChI is InChI=1S/C20H36O3/c1-3-4-5-9-13-16-19(21)17-14-11-8-6-7-10-12-15-18(2)20(22)23/h10,12,18H,3-9,11,13-17H2,1-2H3,(H,22,23)/b12-10+/t18-/m1/s1. The first-order chi connectivity index (χ1) is 11.1. The van der Waals surface area contributed by atoms with E-state index < -0.39 is 5.97 Å². The Morgan fingerprint density at radius 1 is 0.870 bits per heavy atom. The Bertz CT molecular complexity index is 334. The Labute approximate surface area is 142 Å². The van der Waals surface area contributed by atoms with Gasteiger partial charge in [0.2, 0.25) is 0 Å². The number of aliphatic carboxylic acids is 1. The van der Waals surface area contributed by atoms with Gasteiger partial charge in [0, 0.05) is 12.8 Å². The van der Waals surface area contributed by atoms with E-state index in [9.17, 15) is 9.59 Å². The van der Waals surface area contributed by atoms with Gasteiger partial charge < -0.3 is 5.11 Å². The SMILES string of the molecule is CCCCCCCC(=O)CCCCCC/C=C/C[C@@H](C)C(=O)O. The van der Waals surface area contributed by atoms with Gasteiger partial charge >= 0.3 is 5.97 Å². The van der Waals surface area contributed by atoms with Gasteiger partial charge in [0.15, 0.2) is 0 Å². The van der Waals surface area contributed by atoms with E-state index in [0.717, 1.165) is 51.4 Å². The Morgan fingerprint density at radius 3 is 2.00 bits per heavy atom. The Balaban J connectivity index is 3.33. The predicted molar refractivity (Wildman–Crippen MR) is 96.6 cm³/mol. The third-order valence-electron chi connectivity index (χ3n) is 4.21. The molecule has 0 aliphatic carbocycles. The summed E-state index contributed by atoms with van der Waals surface area (Å²) in [7, 11) is 0. The van der Waals surface area contributed by atoms with Crippen LogP contribution in [0.3, 0.4) is 0 Å². The van der Waals surface area contributed by atoms with Crippen molar-refractivity contribution in [2.45, 2.75) is 97.3 Å². The summed E-state index contributed by atoms with van der Waals surface area (Å²) in [5.41, 5.74) is 0. The molecule has 0 amide bonds. The molecule has 0 fully saturated rings. The predicted octanol–water partition coefficient (Wildman–Crippen LogP) is 5.92. The van der Waals surface area contributed by atoms with Crippen molar-refractivity contribution in [1.82, 2.24) is 0 Å². The molecule has 0 radical (unpaired) electrons. The van der Waals surface area contributed by atoms with Crippen LogP contribution in [0.5, 0.6) is 0 Å². The number of hydrogen-bond donors (Lipinski definition) is 1. The van der Waals surface area contributed by atoms with E-state index >= 15 is 0 Å². The summed E-state index contributed by atoms with van der Waals surface area (Å²) in [6.07, 6.45) is 17.7. The monoisotopic (exact) mass is 324 g/mol. The van der Waals surface area contributed by atoms with Crippen LogP contribution in [-0.4, -0.2) is 16.9 Å². The van der Waals surface area contributed by atoms with E-state index in [0.29, 0.717) is 12.2 Å². The van der Waals surface area contributed by atoms with Gasteiger partial charge in [-0.3, -0.25) is 9.59 Å². The van der Waals surface area contributed by atoms with Gasteiger partial charge in [0.1, 0.15) is 5.78 Å². The lowest BCUT2D eigenvalue weighted by Gasteiger charge is -2.02. The molecule has 0 unspecified atom stereocenters. The van der Waals surface area contributed by atoms with Gasteiger partial charge in [0.05, 0.1) is 5.92 Å². The minimum absolute atomic E-state index is 0.292. The average molecular weight is 325 g/mol. The van der Waals surface area contributed by atoms with Crippen LogP contribution in [0, 0.1) is 5.92 Å². The summed E-state index contributed by atoms with van der Waals surface area (Å²) in [6.45, 7) is 3.94. The molecule has 0 aliphatic heterocycles. The number of rotatable bonds is 16. The van der Waals surface area contributed by atoms with Gasteiger partial charge in [-0.2, -0.15) is 0 Å². The Morgan fingerprint density at radius 2 is 1.43 bits per heavy atom. The number of hydrogen-bond acceptors (Lipinski definition) is 2. The van der Waals surface area contributed by atoms with Crippen LogP contribution >= 0.6 is 0 Å². The molecule has 0 bridgehead atoms. The molecule has 1 N–H and O–H groups in total. The van der Waals surface area contributed by atoms with Crippen LogP contribution in [0.2, 0.25) is 0 Å². The van der Waals surface area contributed by atoms with Crippen molar-refractivity contribution in [2.75, 3.05) is 0 Å². The first-order valence-electron chi connectivity index (χ1n) is 9.47. The number of ketones is 1.